The fraction of sp³-hybridized carbons (Fsp3) is 0.800. The van der Waals surface area contributed by atoms with Gasteiger partial charge >= 0.3 is 0 Å². The SMILES string of the molecule is CN(CC(=O)NC1CCCC1)CC(N)=S. The van der Waals surface area contributed by atoms with E-state index in [1.54, 1.807) is 0 Å². The Morgan fingerprint density at radius 3 is 2.60 bits per heavy atom. The molecule has 1 rings (SSSR count). The van der Waals surface area contributed by atoms with Gasteiger partial charge in [-0.3, -0.25) is 9.69 Å². The first-order chi connectivity index (χ1) is 7.08. The highest BCUT2D eigenvalue weighted by Crippen LogP contribution is 2.17. The fourth-order valence-electron chi connectivity index (χ4n) is 1.91. The van der Waals surface area contributed by atoms with Crippen LogP contribution < -0.4 is 11.1 Å². The van der Waals surface area contributed by atoms with Crippen LogP contribution >= 0.6 is 12.2 Å². The Morgan fingerprint density at radius 1 is 1.47 bits per heavy atom. The van der Waals surface area contributed by atoms with Crippen molar-refractivity contribution in [2.45, 2.75) is 31.7 Å². The molecule has 3 N–H and O–H groups in total. The predicted octanol–water partition coefficient (Wildman–Crippen LogP) is 0.263. The molecule has 0 aromatic heterocycles. The van der Waals surface area contributed by atoms with Crippen LogP contribution in [0, 0.1) is 0 Å². The molecule has 0 aromatic rings. The molecule has 4 nitrogen and oxygen atoms in total. The highest BCUT2D eigenvalue weighted by Gasteiger charge is 2.17. The normalized spacial score (nSPS) is 16.9. The quantitative estimate of drug-likeness (QED) is 0.664. The molecule has 1 aliphatic carbocycles. The Balaban J connectivity index is 2.19. The molecule has 1 fully saturated rings. The van der Waals surface area contributed by atoms with Crippen molar-refractivity contribution in [1.82, 2.24) is 10.2 Å². The van der Waals surface area contributed by atoms with Gasteiger partial charge in [-0.05, 0) is 19.9 Å². The van der Waals surface area contributed by atoms with Crippen LogP contribution in [0.2, 0.25) is 0 Å². The van der Waals surface area contributed by atoms with Crippen LogP contribution in [0.5, 0.6) is 0 Å². The van der Waals surface area contributed by atoms with Gasteiger partial charge in [0.25, 0.3) is 0 Å². The van der Waals surface area contributed by atoms with E-state index >= 15 is 0 Å². The Bertz CT molecular complexity index is 239. The lowest BCUT2D eigenvalue weighted by molar-refractivity contribution is -0.122. The zero-order chi connectivity index (χ0) is 11.3. The molecule has 0 atom stereocenters. The molecule has 0 aliphatic heterocycles. The maximum absolute atomic E-state index is 11.6. The van der Waals surface area contributed by atoms with Gasteiger partial charge in [-0.25, -0.2) is 0 Å². The van der Waals surface area contributed by atoms with E-state index in [9.17, 15) is 4.79 Å². The van der Waals surface area contributed by atoms with Crippen molar-refractivity contribution < 1.29 is 4.79 Å². The van der Waals surface area contributed by atoms with Gasteiger partial charge in [-0.15, -0.1) is 0 Å². The van der Waals surface area contributed by atoms with Gasteiger partial charge in [0.2, 0.25) is 5.91 Å². The average molecular weight is 229 g/mol. The molecule has 0 heterocycles. The number of amides is 1. The second kappa shape index (κ2) is 6.02. The number of nitrogens with two attached hydrogens (primary N) is 1. The van der Waals surface area contributed by atoms with Gasteiger partial charge in [-0.2, -0.15) is 0 Å². The lowest BCUT2D eigenvalue weighted by Gasteiger charge is -2.17. The summed E-state index contributed by atoms with van der Waals surface area (Å²) in [5.41, 5.74) is 5.39. The predicted molar refractivity (Wildman–Crippen MR) is 64.7 cm³/mol. The molecule has 5 heteroatoms. The van der Waals surface area contributed by atoms with Gasteiger partial charge in [-0.1, -0.05) is 25.1 Å². The van der Waals surface area contributed by atoms with Crippen LogP contribution in [0.3, 0.4) is 0 Å². The standard InChI is InChI=1S/C10H19N3OS/c1-13(6-9(11)15)7-10(14)12-8-4-2-3-5-8/h8H,2-7H2,1H3,(H2,11,15)(H,12,14). The summed E-state index contributed by atoms with van der Waals surface area (Å²) in [5.74, 6) is 0.0700. The van der Waals surface area contributed by atoms with Gasteiger partial charge in [0.15, 0.2) is 0 Å². The summed E-state index contributed by atoms with van der Waals surface area (Å²) < 4.78 is 0. The maximum Gasteiger partial charge on any atom is 0.234 e. The Kier molecular flexibility index (Phi) is 4.98. The van der Waals surface area contributed by atoms with Crippen LogP contribution in [0.25, 0.3) is 0 Å². The summed E-state index contributed by atoms with van der Waals surface area (Å²) in [6.07, 6.45) is 4.69. The lowest BCUT2D eigenvalue weighted by atomic mass is 10.2. The molecular formula is C10H19N3OS. The molecule has 0 bridgehead atoms. The van der Waals surface area contributed by atoms with Crippen molar-refractivity contribution in [3.05, 3.63) is 0 Å². The first-order valence-corrected chi connectivity index (χ1v) is 5.75. The molecule has 0 radical (unpaired) electrons. The fourth-order valence-corrected chi connectivity index (χ4v) is 2.13. The van der Waals surface area contributed by atoms with Crippen LogP contribution in [0.15, 0.2) is 0 Å². The zero-order valence-corrected chi connectivity index (χ0v) is 9.98. The van der Waals surface area contributed by atoms with E-state index in [4.69, 9.17) is 18.0 Å². The van der Waals surface area contributed by atoms with E-state index < -0.39 is 0 Å². The van der Waals surface area contributed by atoms with Crippen molar-refractivity contribution in [1.29, 1.82) is 0 Å². The lowest BCUT2D eigenvalue weighted by Crippen LogP contribution is -2.41. The number of likely N-dealkylation sites (N-methyl/N-ethyl adjacent to an activating group) is 1. The summed E-state index contributed by atoms with van der Waals surface area (Å²) in [6.45, 7) is 0.862. The molecule has 86 valence electrons. The van der Waals surface area contributed by atoms with E-state index in [1.165, 1.54) is 12.8 Å². The number of hydrogen-bond acceptors (Lipinski definition) is 3. The zero-order valence-electron chi connectivity index (χ0n) is 9.16. The minimum Gasteiger partial charge on any atom is -0.392 e. The number of carbonyl (C=O) groups is 1. The molecule has 15 heavy (non-hydrogen) atoms. The number of carbonyl (C=O) groups excluding carboxylic acids is 1. The molecule has 0 unspecified atom stereocenters. The highest BCUT2D eigenvalue weighted by atomic mass is 32.1. The minimum atomic E-state index is 0.0700. The van der Waals surface area contributed by atoms with Crippen LogP contribution in [-0.4, -0.2) is 42.0 Å². The number of nitrogens with zero attached hydrogens (tertiary/aromatic N) is 1. The van der Waals surface area contributed by atoms with Crippen molar-refractivity contribution in [3.63, 3.8) is 0 Å². The minimum absolute atomic E-state index is 0.0700. The third-order valence-corrected chi connectivity index (χ3v) is 2.69. The molecular weight excluding hydrogens is 210 g/mol. The first-order valence-electron chi connectivity index (χ1n) is 5.34. The van der Waals surface area contributed by atoms with Crippen molar-refractivity contribution in [2.24, 2.45) is 5.73 Å². The van der Waals surface area contributed by atoms with Gasteiger partial charge in [0, 0.05) is 12.6 Å². The molecule has 1 aliphatic rings. The highest BCUT2D eigenvalue weighted by molar-refractivity contribution is 7.80. The van der Waals surface area contributed by atoms with Crippen LogP contribution in [0.4, 0.5) is 0 Å². The Hall–Kier alpha value is -0.680. The Morgan fingerprint density at radius 2 is 2.07 bits per heavy atom. The molecule has 0 aromatic carbocycles. The number of rotatable bonds is 5. The van der Waals surface area contributed by atoms with Gasteiger partial charge in [0.1, 0.15) is 0 Å². The monoisotopic (exact) mass is 229 g/mol. The number of hydrogen-bond donors (Lipinski definition) is 2. The summed E-state index contributed by atoms with van der Waals surface area (Å²) in [7, 11) is 1.84. The topological polar surface area (TPSA) is 58.4 Å². The largest absolute Gasteiger partial charge is 0.392 e. The van der Waals surface area contributed by atoms with Crippen molar-refractivity contribution in [3.8, 4) is 0 Å². The van der Waals surface area contributed by atoms with Gasteiger partial charge in [0.05, 0.1) is 11.5 Å². The van der Waals surface area contributed by atoms with Crippen molar-refractivity contribution >= 4 is 23.1 Å². The summed E-state index contributed by atoms with van der Waals surface area (Å²) in [4.78, 5) is 13.8. The molecule has 0 spiro atoms. The third-order valence-electron chi connectivity index (χ3n) is 2.56. The summed E-state index contributed by atoms with van der Waals surface area (Å²) >= 11 is 4.77. The van der Waals surface area contributed by atoms with Crippen molar-refractivity contribution in [2.75, 3.05) is 20.1 Å². The average Bonchev–Trinajstić information content (AvgIpc) is 2.53. The van der Waals surface area contributed by atoms with Crippen LogP contribution in [-0.2, 0) is 4.79 Å². The van der Waals surface area contributed by atoms with E-state index in [0.717, 1.165) is 12.8 Å². The first kappa shape index (κ1) is 12.4. The smallest absolute Gasteiger partial charge is 0.234 e. The summed E-state index contributed by atoms with van der Waals surface area (Å²) in [5, 5.41) is 3.02. The number of thiocarbonyl (C=S) groups is 1. The second-order valence-electron chi connectivity index (χ2n) is 4.19. The van der Waals surface area contributed by atoms with Crippen LogP contribution in [0.1, 0.15) is 25.7 Å². The summed E-state index contributed by atoms with van der Waals surface area (Å²) in [6, 6.07) is 0.385. The van der Waals surface area contributed by atoms with Gasteiger partial charge < -0.3 is 11.1 Å². The third kappa shape index (κ3) is 5.09. The second-order valence-corrected chi connectivity index (χ2v) is 4.71. The molecule has 0 saturated heterocycles. The molecule has 1 amide bonds. The maximum atomic E-state index is 11.6. The van der Waals surface area contributed by atoms with E-state index in [2.05, 4.69) is 5.32 Å². The van der Waals surface area contributed by atoms with E-state index in [-0.39, 0.29) is 5.91 Å². The van der Waals surface area contributed by atoms with E-state index in [1.807, 2.05) is 11.9 Å². The number of nitrogens with one attached hydrogen (secondary N) is 1. The Labute approximate surface area is 96.2 Å². The van der Waals surface area contributed by atoms with E-state index in [0.29, 0.717) is 24.1 Å². The molecule has 1 saturated carbocycles.